The summed E-state index contributed by atoms with van der Waals surface area (Å²) in [5.74, 6) is -0.467. The second kappa shape index (κ2) is 12.4. The van der Waals surface area contributed by atoms with Crippen molar-refractivity contribution in [1.82, 2.24) is 0 Å². The zero-order chi connectivity index (χ0) is 30.7. The van der Waals surface area contributed by atoms with Gasteiger partial charge >= 0.3 is 0 Å². The lowest BCUT2D eigenvalue weighted by molar-refractivity contribution is -0.114. The molecular formula is C30H30ClN3O6S2. The van der Waals surface area contributed by atoms with Crippen molar-refractivity contribution in [3.8, 4) is 5.75 Å². The first-order valence-corrected chi connectivity index (χ1v) is 16.0. The molecule has 0 aliphatic heterocycles. The van der Waals surface area contributed by atoms with Crippen molar-refractivity contribution < 1.29 is 26.4 Å². The van der Waals surface area contributed by atoms with E-state index in [0.717, 1.165) is 21.0 Å². The van der Waals surface area contributed by atoms with Gasteiger partial charge in [0.25, 0.3) is 20.0 Å². The highest BCUT2D eigenvalue weighted by Gasteiger charge is 2.30. The van der Waals surface area contributed by atoms with E-state index in [1.54, 1.807) is 30.3 Å². The fourth-order valence-corrected chi connectivity index (χ4v) is 6.70. The van der Waals surface area contributed by atoms with Crippen LogP contribution in [0.2, 0.25) is 5.02 Å². The average molecular weight is 628 g/mol. The molecule has 0 fully saturated rings. The average Bonchev–Trinajstić information content (AvgIpc) is 2.94. The topological polar surface area (TPSA) is 122 Å². The molecule has 12 heteroatoms. The lowest BCUT2D eigenvalue weighted by atomic mass is 10.1. The molecule has 1 amide bonds. The predicted octanol–water partition coefficient (Wildman–Crippen LogP) is 5.91. The molecule has 0 aliphatic rings. The van der Waals surface area contributed by atoms with Crippen LogP contribution >= 0.6 is 11.6 Å². The number of carbonyl (C=O) groups excluding carboxylic acids is 1. The first-order valence-electron chi connectivity index (χ1n) is 12.7. The standard InChI is InChI=1S/C30H30ClN3O6S2/c1-20-5-12-27(13-6-20)42(38,39)34(28-18-23(31)8-16-29(28)40-4)19-30(35)32-24-10-14-26(15-11-24)41(36,37)33-25-9-7-21(2)22(3)17-25/h5-18,33H,19H2,1-4H3,(H,32,35). The van der Waals surface area contributed by atoms with Crippen LogP contribution in [0.15, 0.2) is 94.7 Å². The van der Waals surface area contributed by atoms with Gasteiger partial charge in [-0.15, -0.1) is 0 Å². The normalized spacial score (nSPS) is 11.5. The third-order valence-electron chi connectivity index (χ3n) is 6.51. The molecule has 0 unspecified atom stereocenters. The van der Waals surface area contributed by atoms with Gasteiger partial charge in [-0.1, -0.05) is 35.4 Å². The molecule has 4 rings (SSSR count). The number of hydrogen-bond donors (Lipinski definition) is 2. The fraction of sp³-hybridized carbons (Fsp3) is 0.167. The van der Waals surface area contributed by atoms with E-state index in [-0.39, 0.29) is 31.9 Å². The monoisotopic (exact) mass is 627 g/mol. The molecule has 4 aromatic carbocycles. The number of sulfonamides is 2. The molecule has 0 saturated heterocycles. The van der Waals surface area contributed by atoms with E-state index in [4.69, 9.17) is 16.3 Å². The quantitative estimate of drug-likeness (QED) is 0.225. The Kier molecular flexibility index (Phi) is 9.15. The van der Waals surface area contributed by atoms with E-state index in [1.165, 1.54) is 55.6 Å². The number of carbonyl (C=O) groups is 1. The third-order valence-corrected chi connectivity index (χ3v) is 9.92. The second-order valence-electron chi connectivity index (χ2n) is 9.62. The van der Waals surface area contributed by atoms with Crippen LogP contribution in [0.4, 0.5) is 17.1 Å². The van der Waals surface area contributed by atoms with Gasteiger partial charge in [0.15, 0.2) is 0 Å². The Morgan fingerprint density at radius 1 is 0.786 bits per heavy atom. The van der Waals surface area contributed by atoms with Crippen molar-refractivity contribution in [2.75, 3.05) is 28.0 Å². The van der Waals surface area contributed by atoms with E-state index >= 15 is 0 Å². The number of halogens is 1. The molecule has 0 saturated carbocycles. The van der Waals surface area contributed by atoms with Crippen LogP contribution in [0.25, 0.3) is 0 Å². The van der Waals surface area contributed by atoms with E-state index in [2.05, 4.69) is 10.0 Å². The van der Waals surface area contributed by atoms with E-state index in [0.29, 0.717) is 5.69 Å². The van der Waals surface area contributed by atoms with Crippen molar-refractivity contribution in [2.45, 2.75) is 30.6 Å². The van der Waals surface area contributed by atoms with Crippen molar-refractivity contribution in [3.05, 3.63) is 107 Å². The van der Waals surface area contributed by atoms with Gasteiger partial charge in [0, 0.05) is 16.4 Å². The SMILES string of the molecule is COc1ccc(Cl)cc1N(CC(=O)Nc1ccc(S(=O)(=O)Nc2ccc(C)c(C)c2)cc1)S(=O)(=O)c1ccc(C)cc1. The summed E-state index contributed by atoms with van der Waals surface area (Å²) in [7, 11) is -6.72. The lowest BCUT2D eigenvalue weighted by Crippen LogP contribution is -2.38. The zero-order valence-electron chi connectivity index (χ0n) is 23.4. The van der Waals surface area contributed by atoms with Crippen LogP contribution in [0.3, 0.4) is 0 Å². The molecule has 4 aromatic rings. The Balaban J connectivity index is 1.57. The predicted molar refractivity (Wildman–Crippen MR) is 166 cm³/mol. The number of rotatable bonds is 10. The van der Waals surface area contributed by atoms with Gasteiger partial charge in [0.1, 0.15) is 12.3 Å². The van der Waals surface area contributed by atoms with Crippen LogP contribution < -0.4 is 19.1 Å². The molecule has 220 valence electrons. The summed E-state index contributed by atoms with van der Waals surface area (Å²) in [5, 5.41) is 2.89. The van der Waals surface area contributed by atoms with Crippen molar-refractivity contribution in [2.24, 2.45) is 0 Å². The highest BCUT2D eigenvalue weighted by molar-refractivity contribution is 7.93. The molecule has 0 radical (unpaired) electrons. The second-order valence-corrected chi connectivity index (χ2v) is 13.6. The Morgan fingerprint density at radius 2 is 1.40 bits per heavy atom. The molecule has 9 nitrogen and oxygen atoms in total. The van der Waals surface area contributed by atoms with Crippen LogP contribution in [-0.2, 0) is 24.8 Å². The maximum absolute atomic E-state index is 13.7. The number of methoxy groups -OCH3 is 1. The highest BCUT2D eigenvalue weighted by atomic mass is 35.5. The van der Waals surface area contributed by atoms with Crippen molar-refractivity contribution in [1.29, 1.82) is 0 Å². The Hall–Kier alpha value is -4.06. The number of hydrogen-bond acceptors (Lipinski definition) is 6. The van der Waals surface area contributed by atoms with Crippen molar-refractivity contribution in [3.63, 3.8) is 0 Å². The first kappa shape index (κ1) is 30.9. The van der Waals surface area contributed by atoms with Gasteiger partial charge in [-0.25, -0.2) is 16.8 Å². The van der Waals surface area contributed by atoms with E-state index in [9.17, 15) is 21.6 Å². The molecule has 42 heavy (non-hydrogen) atoms. The van der Waals surface area contributed by atoms with Crippen LogP contribution in [-0.4, -0.2) is 36.4 Å². The largest absolute Gasteiger partial charge is 0.495 e. The molecule has 0 atom stereocenters. The molecule has 0 spiro atoms. The van der Waals surface area contributed by atoms with Gasteiger partial charge in [-0.2, -0.15) is 0 Å². The summed E-state index contributed by atoms with van der Waals surface area (Å²) in [6.07, 6.45) is 0. The summed E-state index contributed by atoms with van der Waals surface area (Å²) in [6, 6.07) is 21.5. The fourth-order valence-electron chi connectivity index (χ4n) is 4.06. The van der Waals surface area contributed by atoms with Crippen LogP contribution in [0, 0.1) is 20.8 Å². The maximum Gasteiger partial charge on any atom is 0.264 e. The zero-order valence-corrected chi connectivity index (χ0v) is 25.8. The van der Waals surface area contributed by atoms with E-state index < -0.39 is 32.5 Å². The maximum atomic E-state index is 13.7. The van der Waals surface area contributed by atoms with Gasteiger partial charge < -0.3 is 10.1 Å². The summed E-state index contributed by atoms with van der Waals surface area (Å²) < 4.78 is 62.1. The van der Waals surface area contributed by atoms with Crippen molar-refractivity contribution >= 4 is 54.6 Å². The summed E-state index contributed by atoms with van der Waals surface area (Å²) >= 11 is 6.19. The minimum absolute atomic E-state index is 0.00836. The number of benzene rings is 4. The Morgan fingerprint density at radius 3 is 2.02 bits per heavy atom. The molecule has 2 N–H and O–H groups in total. The Labute approximate surface area is 251 Å². The van der Waals surface area contributed by atoms with Gasteiger partial charge in [-0.3, -0.25) is 13.8 Å². The molecule has 0 aromatic heterocycles. The number of nitrogens with one attached hydrogen (secondary N) is 2. The van der Waals surface area contributed by atoms with E-state index in [1.807, 2.05) is 26.8 Å². The number of amides is 1. The van der Waals surface area contributed by atoms with Gasteiger partial charge in [0.2, 0.25) is 5.91 Å². The third kappa shape index (κ3) is 7.04. The number of anilines is 3. The summed E-state index contributed by atoms with van der Waals surface area (Å²) in [6.45, 7) is 5.04. The summed E-state index contributed by atoms with van der Waals surface area (Å²) in [5.41, 5.74) is 3.64. The minimum atomic E-state index is -4.22. The van der Waals surface area contributed by atoms with Crippen LogP contribution in [0.5, 0.6) is 5.75 Å². The first-order chi connectivity index (χ1) is 19.8. The van der Waals surface area contributed by atoms with Gasteiger partial charge in [0.05, 0.1) is 22.6 Å². The lowest BCUT2D eigenvalue weighted by Gasteiger charge is -2.26. The molecule has 0 heterocycles. The molecule has 0 bridgehead atoms. The number of nitrogens with zero attached hydrogens (tertiary/aromatic N) is 1. The smallest absolute Gasteiger partial charge is 0.264 e. The number of aryl methyl sites for hydroxylation is 3. The highest BCUT2D eigenvalue weighted by Crippen LogP contribution is 2.35. The molecule has 0 aliphatic carbocycles. The minimum Gasteiger partial charge on any atom is -0.495 e. The summed E-state index contributed by atoms with van der Waals surface area (Å²) in [4.78, 5) is 13.1. The van der Waals surface area contributed by atoms with Gasteiger partial charge in [-0.05, 0) is 98.6 Å². The molecular weight excluding hydrogens is 598 g/mol. The number of ether oxygens (including phenoxy) is 1. The Bertz CT molecular complexity index is 1830. The van der Waals surface area contributed by atoms with Crippen LogP contribution in [0.1, 0.15) is 16.7 Å².